The molecule has 2 fully saturated rings. The third-order valence-electron chi connectivity index (χ3n) is 3.42. The normalized spacial score (nSPS) is 35.5. The van der Waals surface area contributed by atoms with Gasteiger partial charge in [0.1, 0.15) is 0 Å². The lowest BCUT2D eigenvalue weighted by atomic mass is 9.96. The molecular weight excluding hydrogens is 162 g/mol. The summed E-state index contributed by atoms with van der Waals surface area (Å²) >= 11 is 0. The van der Waals surface area contributed by atoms with Gasteiger partial charge in [-0.1, -0.05) is 19.8 Å². The molecule has 2 aliphatic rings. The largest absolute Gasteiger partial charge is 0.389 e. The van der Waals surface area contributed by atoms with Gasteiger partial charge in [-0.05, 0) is 25.7 Å². The minimum Gasteiger partial charge on any atom is -0.389 e. The Hall–Kier alpha value is -0.0800. The molecule has 1 atom stereocenters. The van der Waals surface area contributed by atoms with E-state index >= 15 is 0 Å². The monoisotopic (exact) mass is 183 g/mol. The van der Waals surface area contributed by atoms with Gasteiger partial charge in [0, 0.05) is 19.1 Å². The zero-order valence-electron chi connectivity index (χ0n) is 8.63. The van der Waals surface area contributed by atoms with E-state index in [2.05, 4.69) is 11.8 Å². The van der Waals surface area contributed by atoms with Crippen LogP contribution in [-0.4, -0.2) is 34.7 Å². The number of hydrogen-bond donors (Lipinski definition) is 1. The maximum absolute atomic E-state index is 10.2. The Morgan fingerprint density at radius 2 is 2.23 bits per heavy atom. The van der Waals surface area contributed by atoms with E-state index in [1.165, 1.54) is 25.7 Å². The molecule has 1 unspecified atom stereocenters. The molecule has 2 rings (SSSR count). The first-order valence-corrected chi connectivity index (χ1v) is 5.70. The maximum atomic E-state index is 10.2. The van der Waals surface area contributed by atoms with Crippen molar-refractivity contribution in [1.29, 1.82) is 0 Å². The Morgan fingerprint density at radius 3 is 2.85 bits per heavy atom. The van der Waals surface area contributed by atoms with E-state index in [9.17, 15) is 5.11 Å². The average molecular weight is 183 g/mol. The molecule has 0 aromatic heterocycles. The van der Waals surface area contributed by atoms with Crippen molar-refractivity contribution in [3.05, 3.63) is 0 Å². The van der Waals surface area contributed by atoms with Gasteiger partial charge in [-0.2, -0.15) is 0 Å². The van der Waals surface area contributed by atoms with Crippen LogP contribution in [0.4, 0.5) is 0 Å². The van der Waals surface area contributed by atoms with Crippen LogP contribution in [0.1, 0.15) is 45.4 Å². The van der Waals surface area contributed by atoms with Gasteiger partial charge >= 0.3 is 0 Å². The first-order valence-electron chi connectivity index (χ1n) is 5.70. The first-order chi connectivity index (χ1) is 6.23. The van der Waals surface area contributed by atoms with Gasteiger partial charge in [0.05, 0.1) is 5.60 Å². The highest BCUT2D eigenvalue weighted by molar-refractivity contribution is 4.96. The summed E-state index contributed by atoms with van der Waals surface area (Å²) in [6.45, 7) is 4.26. The molecule has 1 heterocycles. The Morgan fingerprint density at radius 1 is 1.46 bits per heavy atom. The molecule has 0 spiro atoms. The van der Waals surface area contributed by atoms with Gasteiger partial charge in [0.15, 0.2) is 0 Å². The van der Waals surface area contributed by atoms with Crippen molar-refractivity contribution in [1.82, 2.24) is 4.90 Å². The third-order valence-corrected chi connectivity index (χ3v) is 3.42. The lowest BCUT2D eigenvalue weighted by Crippen LogP contribution is -2.33. The Labute approximate surface area is 80.9 Å². The molecule has 1 N–H and O–H groups in total. The number of rotatable bonds is 4. The second-order valence-electron chi connectivity index (χ2n) is 4.78. The quantitative estimate of drug-likeness (QED) is 0.718. The standard InChI is InChI=1S/C11H21NO/c1-2-3-6-11(13)7-8-12(9-11)10-4-5-10/h10,13H,2-9H2,1H3. The molecular formula is C11H21NO. The SMILES string of the molecule is CCCCC1(O)CCN(C2CC2)C1. The second kappa shape index (κ2) is 3.58. The van der Waals surface area contributed by atoms with Gasteiger partial charge < -0.3 is 5.11 Å². The summed E-state index contributed by atoms with van der Waals surface area (Å²) in [5, 5.41) is 10.2. The summed E-state index contributed by atoms with van der Waals surface area (Å²) in [7, 11) is 0. The second-order valence-corrected chi connectivity index (χ2v) is 4.78. The molecule has 13 heavy (non-hydrogen) atoms. The molecule has 1 aliphatic heterocycles. The molecule has 1 saturated carbocycles. The fraction of sp³-hybridized carbons (Fsp3) is 1.00. The highest BCUT2D eigenvalue weighted by atomic mass is 16.3. The zero-order chi connectivity index (χ0) is 9.31. The highest BCUT2D eigenvalue weighted by Crippen LogP contribution is 2.35. The van der Waals surface area contributed by atoms with Gasteiger partial charge in [-0.3, -0.25) is 4.90 Å². The molecule has 1 aliphatic carbocycles. The van der Waals surface area contributed by atoms with E-state index in [-0.39, 0.29) is 5.60 Å². The first kappa shape index (κ1) is 9.47. The number of unbranched alkanes of at least 4 members (excludes halogenated alkanes) is 1. The van der Waals surface area contributed by atoms with Crippen molar-refractivity contribution in [3.8, 4) is 0 Å². The summed E-state index contributed by atoms with van der Waals surface area (Å²) in [6.07, 6.45) is 7.12. The Balaban J connectivity index is 1.80. The van der Waals surface area contributed by atoms with Crippen molar-refractivity contribution in [2.24, 2.45) is 0 Å². The van der Waals surface area contributed by atoms with Crippen LogP contribution < -0.4 is 0 Å². The molecule has 2 heteroatoms. The van der Waals surface area contributed by atoms with Crippen molar-refractivity contribution in [3.63, 3.8) is 0 Å². The Bertz CT molecular complexity index is 179. The fourth-order valence-electron chi connectivity index (χ4n) is 2.35. The minimum atomic E-state index is -0.335. The molecule has 0 bridgehead atoms. The summed E-state index contributed by atoms with van der Waals surface area (Å²) in [5.74, 6) is 0. The van der Waals surface area contributed by atoms with Gasteiger partial charge in [0.25, 0.3) is 0 Å². The topological polar surface area (TPSA) is 23.5 Å². The van der Waals surface area contributed by atoms with Gasteiger partial charge in [-0.15, -0.1) is 0 Å². The van der Waals surface area contributed by atoms with Crippen LogP contribution in [0.2, 0.25) is 0 Å². The summed E-state index contributed by atoms with van der Waals surface area (Å²) < 4.78 is 0. The van der Waals surface area contributed by atoms with E-state index in [0.29, 0.717) is 0 Å². The number of likely N-dealkylation sites (tertiary alicyclic amines) is 1. The van der Waals surface area contributed by atoms with Gasteiger partial charge in [-0.25, -0.2) is 0 Å². The van der Waals surface area contributed by atoms with E-state index < -0.39 is 0 Å². The maximum Gasteiger partial charge on any atom is 0.0786 e. The van der Waals surface area contributed by atoms with Gasteiger partial charge in [0.2, 0.25) is 0 Å². The van der Waals surface area contributed by atoms with Crippen molar-refractivity contribution >= 4 is 0 Å². The van der Waals surface area contributed by atoms with Crippen LogP contribution in [0.5, 0.6) is 0 Å². The molecule has 0 aromatic carbocycles. The van der Waals surface area contributed by atoms with Crippen molar-refractivity contribution in [2.45, 2.75) is 57.1 Å². The zero-order valence-corrected chi connectivity index (χ0v) is 8.63. The van der Waals surface area contributed by atoms with Crippen molar-refractivity contribution in [2.75, 3.05) is 13.1 Å². The molecule has 1 saturated heterocycles. The van der Waals surface area contributed by atoms with Crippen LogP contribution >= 0.6 is 0 Å². The summed E-state index contributed by atoms with van der Waals surface area (Å²) in [6, 6.07) is 0.829. The summed E-state index contributed by atoms with van der Waals surface area (Å²) in [4.78, 5) is 2.48. The lowest BCUT2D eigenvalue weighted by molar-refractivity contribution is 0.0376. The molecule has 0 amide bonds. The summed E-state index contributed by atoms with van der Waals surface area (Å²) in [5.41, 5.74) is -0.335. The van der Waals surface area contributed by atoms with E-state index in [0.717, 1.165) is 32.0 Å². The Kier molecular flexibility index (Phi) is 2.61. The highest BCUT2D eigenvalue weighted by Gasteiger charge is 2.41. The van der Waals surface area contributed by atoms with Crippen molar-refractivity contribution < 1.29 is 5.11 Å². The number of hydrogen-bond acceptors (Lipinski definition) is 2. The predicted octanol–water partition coefficient (Wildman–Crippen LogP) is 1.78. The van der Waals surface area contributed by atoms with E-state index in [1.54, 1.807) is 0 Å². The van der Waals surface area contributed by atoms with Crippen LogP contribution in [0.25, 0.3) is 0 Å². The number of aliphatic hydroxyl groups is 1. The molecule has 76 valence electrons. The lowest BCUT2D eigenvalue weighted by Gasteiger charge is -2.23. The minimum absolute atomic E-state index is 0.335. The fourth-order valence-corrected chi connectivity index (χ4v) is 2.35. The average Bonchev–Trinajstić information content (AvgIpc) is 2.89. The van der Waals surface area contributed by atoms with Crippen LogP contribution in [-0.2, 0) is 0 Å². The van der Waals surface area contributed by atoms with Crippen LogP contribution in [0, 0.1) is 0 Å². The smallest absolute Gasteiger partial charge is 0.0786 e. The van der Waals surface area contributed by atoms with Crippen LogP contribution in [0.3, 0.4) is 0 Å². The number of nitrogens with zero attached hydrogens (tertiary/aromatic N) is 1. The molecule has 0 radical (unpaired) electrons. The third kappa shape index (κ3) is 2.23. The predicted molar refractivity (Wildman–Crippen MR) is 53.7 cm³/mol. The molecule has 2 nitrogen and oxygen atoms in total. The molecule has 0 aromatic rings. The van der Waals surface area contributed by atoms with Crippen LogP contribution in [0.15, 0.2) is 0 Å². The van der Waals surface area contributed by atoms with E-state index in [4.69, 9.17) is 0 Å². The number of β-amino-alcohol motifs (C(OH)–C–C–N with tert-alkyl or cyclic N) is 1. The van der Waals surface area contributed by atoms with E-state index in [1.807, 2.05) is 0 Å².